The lowest BCUT2D eigenvalue weighted by Gasteiger charge is -2.45. The third-order valence-electron chi connectivity index (χ3n) is 7.86. The maximum Gasteiger partial charge on any atom is 0.251 e. The molecule has 168 valence electrons. The molecule has 0 unspecified atom stereocenters. The Morgan fingerprint density at radius 1 is 1.06 bits per heavy atom. The Kier molecular flexibility index (Phi) is 6.52. The van der Waals surface area contributed by atoms with Gasteiger partial charge in [-0.2, -0.15) is 0 Å². The molecule has 5 heteroatoms. The van der Waals surface area contributed by atoms with Gasteiger partial charge in [-0.1, -0.05) is 44.2 Å². The van der Waals surface area contributed by atoms with E-state index in [-0.39, 0.29) is 23.3 Å². The van der Waals surface area contributed by atoms with E-state index < -0.39 is 0 Å². The standard InChI is InChI=1S/C26H37N3O2/c1-4-20(5-2)27-25(31)23-18-26(24-9-7-6-8-22(23)24)12-16-29(17-13-26)21-10-14-28(15-11-21)19(3)30/h6-9,18,20-21H,4-5,10-17H2,1-3H3,(H,27,31). The van der Waals surface area contributed by atoms with Crippen molar-refractivity contribution in [2.24, 2.45) is 0 Å². The Bertz CT molecular complexity index is 842. The lowest BCUT2D eigenvalue weighted by Crippen LogP contribution is -2.50. The monoisotopic (exact) mass is 423 g/mol. The van der Waals surface area contributed by atoms with Gasteiger partial charge in [-0.3, -0.25) is 9.59 Å². The number of nitrogens with zero attached hydrogens (tertiary/aromatic N) is 2. The number of carbonyl (C=O) groups is 2. The van der Waals surface area contributed by atoms with E-state index in [0.717, 1.165) is 75.8 Å². The number of hydrogen-bond donors (Lipinski definition) is 1. The maximum atomic E-state index is 13.1. The van der Waals surface area contributed by atoms with Gasteiger partial charge in [0.25, 0.3) is 5.91 Å². The summed E-state index contributed by atoms with van der Waals surface area (Å²) in [6, 6.07) is 9.32. The summed E-state index contributed by atoms with van der Waals surface area (Å²) in [6.45, 7) is 9.79. The van der Waals surface area contributed by atoms with Crippen LogP contribution in [0.4, 0.5) is 0 Å². The minimum Gasteiger partial charge on any atom is -0.349 e. The van der Waals surface area contributed by atoms with Gasteiger partial charge in [-0.25, -0.2) is 0 Å². The number of amides is 2. The van der Waals surface area contributed by atoms with E-state index in [0.29, 0.717) is 6.04 Å². The molecule has 0 atom stereocenters. The largest absolute Gasteiger partial charge is 0.349 e. The molecular formula is C26H37N3O2. The molecule has 1 N–H and O–H groups in total. The second-order valence-electron chi connectivity index (χ2n) is 9.52. The van der Waals surface area contributed by atoms with Crippen molar-refractivity contribution < 1.29 is 9.59 Å². The molecule has 0 saturated carbocycles. The quantitative estimate of drug-likeness (QED) is 0.785. The lowest BCUT2D eigenvalue weighted by atomic mass is 9.74. The van der Waals surface area contributed by atoms with Gasteiger partial charge in [-0.15, -0.1) is 0 Å². The van der Waals surface area contributed by atoms with E-state index in [1.54, 1.807) is 6.92 Å². The number of rotatable bonds is 5. The predicted octanol–water partition coefficient (Wildman–Crippen LogP) is 3.73. The van der Waals surface area contributed by atoms with Crippen molar-refractivity contribution in [3.63, 3.8) is 0 Å². The molecule has 2 fully saturated rings. The van der Waals surface area contributed by atoms with Crippen LogP contribution in [0.2, 0.25) is 0 Å². The average Bonchev–Trinajstić information content (AvgIpc) is 3.12. The van der Waals surface area contributed by atoms with E-state index >= 15 is 0 Å². The number of allylic oxidation sites excluding steroid dienone is 1. The van der Waals surface area contributed by atoms with Crippen molar-refractivity contribution in [3.05, 3.63) is 41.5 Å². The van der Waals surface area contributed by atoms with Crippen LogP contribution in [0.15, 0.2) is 30.3 Å². The first-order valence-corrected chi connectivity index (χ1v) is 12.1. The van der Waals surface area contributed by atoms with Crippen LogP contribution in [0.1, 0.15) is 70.4 Å². The normalized spacial score (nSPS) is 21.3. The molecule has 1 spiro atoms. The lowest BCUT2D eigenvalue weighted by molar-refractivity contribution is -0.130. The third kappa shape index (κ3) is 4.30. The second-order valence-corrected chi connectivity index (χ2v) is 9.52. The van der Waals surface area contributed by atoms with Crippen LogP contribution >= 0.6 is 0 Å². The van der Waals surface area contributed by atoms with Gasteiger partial charge in [0, 0.05) is 43.1 Å². The summed E-state index contributed by atoms with van der Waals surface area (Å²) in [4.78, 5) is 29.4. The predicted molar refractivity (Wildman–Crippen MR) is 125 cm³/mol. The van der Waals surface area contributed by atoms with Crippen molar-refractivity contribution in [1.29, 1.82) is 0 Å². The zero-order valence-corrected chi connectivity index (χ0v) is 19.3. The molecule has 2 saturated heterocycles. The summed E-state index contributed by atoms with van der Waals surface area (Å²) in [6.07, 6.45) is 8.45. The first kappa shape index (κ1) is 22.1. The molecule has 0 radical (unpaired) electrons. The van der Waals surface area contributed by atoms with Crippen molar-refractivity contribution in [2.75, 3.05) is 26.2 Å². The Morgan fingerprint density at radius 2 is 1.71 bits per heavy atom. The van der Waals surface area contributed by atoms with Crippen LogP contribution in [0.3, 0.4) is 0 Å². The van der Waals surface area contributed by atoms with Gasteiger partial charge in [0.1, 0.15) is 0 Å². The van der Waals surface area contributed by atoms with Gasteiger partial charge in [0.2, 0.25) is 5.91 Å². The number of nitrogens with one attached hydrogen (secondary N) is 1. The Labute approximate surface area is 186 Å². The minimum atomic E-state index is -0.0201. The first-order chi connectivity index (χ1) is 15.0. The molecule has 2 heterocycles. The van der Waals surface area contributed by atoms with Gasteiger partial charge < -0.3 is 15.1 Å². The SMILES string of the molecule is CCC(CC)NC(=O)C1=CC2(CCN(C3CCN(C(C)=O)CC3)CC2)c2ccccc21. The number of carbonyl (C=O) groups excluding carboxylic acids is 2. The number of fused-ring (bicyclic) bond motifs is 2. The Morgan fingerprint density at radius 3 is 2.32 bits per heavy atom. The van der Waals surface area contributed by atoms with E-state index in [1.807, 2.05) is 11.0 Å². The summed E-state index contributed by atoms with van der Waals surface area (Å²) in [5.74, 6) is 0.278. The van der Waals surface area contributed by atoms with Gasteiger partial charge >= 0.3 is 0 Å². The fourth-order valence-electron chi connectivity index (χ4n) is 5.78. The van der Waals surface area contributed by atoms with E-state index in [1.165, 1.54) is 5.56 Å². The summed E-state index contributed by atoms with van der Waals surface area (Å²) < 4.78 is 0. The Hall–Kier alpha value is -2.14. The van der Waals surface area contributed by atoms with Crippen molar-refractivity contribution >= 4 is 17.4 Å². The molecule has 31 heavy (non-hydrogen) atoms. The molecule has 1 aliphatic carbocycles. The van der Waals surface area contributed by atoms with Gasteiger partial charge in [-0.05, 0) is 62.7 Å². The van der Waals surface area contributed by atoms with Gasteiger partial charge in [0.15, 0.2) is 0 Å². The number of benzene rings is 1. The average molecular weight is 424 g/mol. The molecule has 2 amide bonds. The zero-order chi connectivity index (χ0) is 22.0. The maximum absolute atomic E-state index is 13.1. The molecular weight excluding hydrogens is 386 g/mol. The highest BCUT2D eigenvalue weighted by atomic mass is 16.2. The van der Waals surface area contributed by atoms with Crippen molar-refractivity contribution in [3.8, 4) is 0 Å². The molecule has 3 aliphatic rings. The molecule has 0 aromatic heterocycles. The minimum absolute atomic E-state index is 0.0201. The van der Waals surface area contributed by atoms with E-state index in [4.69, 9.17) is 0 Å². The fraction of sp³-hybridized carbons (Fsp3) is 0.615. The highest BCUT2D eigenvalue weighted by Gasteiger charge is 2.43. The molecule has 1 aromatic rings. The van der Waals surface area contributed by atoms with Crippen LogP contribution in [0, 0.1) is 0 Å². The van der Waals surface area contributed by atoms with Crippen LogP contribution in [0.5, 0.6) is 0 Å². The molecule has 0 bridgehead atoms. The Balaban J connectivity index is 1.47. The van der Waals surface area contributed by atoms with Crippen LogP contribution in [-0.2, 0) is 15.0 Å². The van der Waals surface area contributed by atoms with Crippen LogP contribution in [-0.4, -0.2) is 59.9 Å². The summed E-state index contributed by atoms with van der Waals surface area (Å²) in [5, 5.41) is 3.25. The topological polar surface area (TPSA) is 52.7 Å². The summed E-state index contributed by atoms with van der Waals surface area (Å²) >= 11 is 0. The molecule has 5 nitrogen and oxygen atoms in total. The van der Waals surface area contributed by atoms with E-state index in [2.05, 4.69) is 48.3 Å². The molecule has 4 rings (SSSR count). The second kappa shape index (κ2) is 9.15. The van der Waals surface area contributed by atoms with Crippen LogP contribution < -0.4 is 5.32 Å². The fourth-order valence-corrected chi connectivity index (χ4v) is 5.78. The first-order valence-electron chi connectivity index (χ1n) is 12.1. The highest BCUT2D eigenvalue weighted by molar-refractivity contribution is 6.21. The smallest absolute Gasteiger partial charge is 0.251 e. The molecule has 2 aliphatic heterocycles. The number of likely N-dealkylation sites (tertiary alicyclic amines) is 2. The van der Waals surface area contributed by atoms with Crippen molar-refractivity contribution in [2.45, 2.75) is 76.8 Å². The summed E-state index contributed by atoms with van der Waals surface area (Å²) in [7, 11) is 0. The highest BCUT2D eigenvalue weighted by Crippen LogP contribution is 2.47. The molecule has 1 aromatic carbocycles. The summed E-state index contributed by atoms with van der Waals surface area (Å²) in [5.41, 5.74) is 3.30. The van der Waals surface area contributed by atoms with E-state index in [9.17, 15) is 9.59 Å². The number of piperidine rings is 2. The van der Waals surface area contributed by atoms with Crippen molar-refractivity contribution in [1.82, 2.24) is 15.1 Å². The third-order valence-corrected chi connectivity index (χ3v) is 7.86. The zero-order valence-electron chi connectivity index (χ0n) is 19.3. The number of hydrogen-bond acceptors (Lipinski definition) is 3. The van der Waals surface area contributed by atoms with Crippen LogP contribution in [0.25, 0.3) is 5.57 Å². The van der Waals surface area contributed by atoms with Gasteiger partial charge in [0.05, 0.1) is 0 Å².